The summed E-state index contributed by atoms with van der Waals surface area (Å²) in [4.78, 5) is 22.7. The van der Waals surface area contributed by atoms with E-state index in [2.05, 4.69) is 0 Å². The molecule has 0 amide bonds. The minimum absolute atomic E-state index is 0.125. The second kappa shape index (κ2) is 8.26. The summed E-state index contributed by atoms with van der Waals surface area (Å²) in [5, 5.41) is 33.9. The van der Waals surface area contributed by atoms with Gasteiger partial charge < -0.3 is 20.4 Å². The minimum Gasteiger partial charge on any atom is -0.478 e. The van der Waals surface area contributed by atoms with Crippen LogP contribution in [0.5, 0.6) is 0 Å². The maximum Gasteiger partial charge on any atom is 0.335 e. The Morgan fingerprint density at radius 3 is 1.50 bits per heavy atom. The summed E-state index contributed by atoms with van der Waals surface area (Å²) in [5.41, 5.74) is 2.10. The van der Waals surface area contributed by atoms with Crippen molar-refractivity contribution in [2.75, 3.05) is 13.2 Å². The quantitative estimate of drug-likeness (QED) is 0.671. The fourth-order valence-corrected chi connectivity index (χ4v) is 3.91. The first-order chi connectivity index (χ1) is 11.5. The van der Waals surface area contributed by atoms with E-state index in [9.17, 15) is 19.8 Å². The molecular formula is C18H24O6. The van der Waals surface area contributed by atoms with Crippen molar-refractivity contribution in [1.29, 1.82) is 0 Å². The third-order valence-corrected chi connectivity index (χ3v) is 4.99. The Bertz CT molecular complexity index is 557. The van der Waals surface area contributed by atoms with Crippen molar-refractivity contribution in [2.24, 2.45) is 11.8 Å². The second-order valence-electron chi connectivity index (χ2n) is 6.39. The van der Waals surface area contributed by atoms with Gasteiger partial charge in [-0.25, -0.2) is 9.59 Å². The van der Waals surface area contributed by atoms with Crippen molar-refractivity contribution in [2.45, 2.75) is 38.5 Å². The van der Waals surface area contributed by atoms with Crippen molar-refractivity contribution in [3.8, 4) is 0 Å². The minimum atomic E-state index is -0.951. The predicted octanol–water partition coefficient (Wildman–Crippen LogP) is 1.96. The van der Waals surface area contributed by atoms with Crippen LogP contribution in [0.4, 0.5) is 0 Å². The highest BCUT2D eigenvalue weighted by Gasteiger charge is 2.34. The van der Waals surface area contributed by atoms with Gasteiger partial charge in [-0.15, -0.1) is 0 Å². The van der Waals surface area contributed by atoms with E-state index in [-0.39, 0.29) is 24.3 Å². The lowest BCUT2D eigenvalue weighted by Gasteiger charge is -2.37. The number of benzene rings is 1. The molecule has 0 bridgehead atoms. The van der Waals surface area contributed by atoms with Gasteiger partial charge in [-0.05, 0) is 60.8 Å². The van der Waals surface area contributed by atoms with Crippen molar-refractivity contribution >= 4 is 11.9 Å². The highest BCUT2D eigenvalue weighted by molar-refractivity contribution is 5.95. The molecule has 2 atom stereocenters. The number of aliphatic hydroxyl groups is 2. The van der Waals surface area contributed by atoms with Crippen LogP contribution < -0.4 is 0 Å². The molecule has 2 unspecified atom stereocenters. The first-order valence-electron chi connectivity index (χ1n) is 8.32. The number of hydrogen-bond acceptors (Lipinski definition) is 4. The number of fused-ring (bicyclic) bond motifs is 2. The summed E-state index contributed by atoms with van der Waals surface area (Å²) in [6.45, 7) is -0.250. The molecule has 2 aliphatic rings. The molecule has 6 nitrogen and oxygen atoms in total. The lowest BCUT2D eigenvalue weighted by molar-refractivity contribution is 0.0675. The van der Waals surface area contributed by atoms with Crippen LogP contribution >= 0.6 is 0 Å². The van der Waals surface area contributed by atoms with Gasteiger partial charge in [0.15, 0.2) is 0 Å². The first-order valence-corrected chi connectivity index (χ1v) is 8.32. The largest absolute Gasteiger partial charge is 0.478 e. The second-order valence-corrected chi connectivity index (χ2v) is 6.39. The number of hydrogen-bond donors (Lipinski definition) is 4. The van der Waals surface area contributed by atoms with Gasteiger partial charge in [0, 0.05) is 0 Å². The van der Waals surface area contributed by atoms with E-state index in [1.807, 2.05) is 0 Å². The molecule has 3 rings (SSSR count). The molecule has 0 radical (unpaired) electrons. The fourth-order valence-electron chi connectivity index (χ4n) is 3.91. The summed E-state index contributed by atoms with van der Waals surface area (Å²) >= 11 is 0. The summed E-state index contributed by atoms with van der Waals surface area (Å²) in [6.07, 6.45) is 6.14. The average Bonchev–Trinajstić information content (AvgIpc) is 2.58. The molecular weight excluding hydrogens is 312 g/mol. The fraction of sp³-hybridized carbons (Fsp3) is 0.556. The van der Waals surface area contributed by atoms with Crippen molar-refractivity contribution in [3.05, 3.63) is 34.4 Å². The van der Waals surface area contributed by atoms with Crippen LogP contribution in [0.2, 0.25) is 0 Å². The van der Waals surface area contributed by atoms with Gasteiger partial charge in [-0.2, -0.15) is 0 Å². The van der Waals surface area contributed by atoms with Gasteiger partial charge in [0.1, 0.15) is 0 Å². The molecule has 0 aliphatic heterocycles. The Morgan fingerprint density at radius 2 is 1.21 bits per heavy atom. The molecule has 24 heavy (non-hydrogen) atoms. The molecule has 0 heterocycles. The van der Waals surface area contributed by atoms with Gasteiger partial charge >= 0.3 is 11.9 Å². The van der Waals surface area contributed by atoms with Crippen LogP contribution in [0, 0.1) is 11.8 Å². The van der Waals surface area contributed by atoms with Crippen LogP contribution in [0.3, 0.4) is 0 Å². The number of aliphatic hydroxyl groups excluding tert-OH is 2. The van der Waals surface area contributed by atoms with Crippen LogP contribution in [0.1, 0.15) is 57.5 Å². The summed E-state index contributed by atoms with van der Waals surface area (Å²) in [6, 6.07) is 2.90. The molecule has 0 spiro atoms. The van der Waals surface area contributed by atoms with E-state index in [1.165, 1.54) is 25.0 Å². The van der Waals surface area contributed by atoms with E-state index < -0.39 is 11.9 Å². The van der Waals surface area contributed by atoms with E-state index in [1.54, 1.807) is 0 Å². The van der Waals surface area contributed by atoms with Gasteiger partial charge in [-0.3, -0.25) is 0 Å². The molecule has 1 saturated carbocycles. The molecule has 1 aromatic rings. The third kappa shape index (κ3) is 3.94. The Balaban J connectivity index is 0.000000471. The molecule has 0 saturated heterocycles. The maximum atomic E-state index is 11.4. The van der Waals surface area contributed by atoms with E-state index >= 15 is 0 Å². The number of aromatic carboxylic acids is 2. The number of carbonyl (C=O) groups is 2. The number of carboxylic acids is 2. The van der Waals surface area contributed by atoms with Crippen LogP contribution in [0.15, 0.2) is 12.1 Å². The number of carboxylic acid groups (broad SMARTS) is 2. The van der Waals surface area contributed by atoms with E-state index in [0.717, 1.165) is 36.8 Å². The van der Waals surface area contributed by atoms with Crippen LogP contribution in [-0.4, -0.2) is 45.6 Å². The average molecular weight is 336 g/mol. The van der Waals surface area contributed by atoms with Crippen LogP contribution in [0.25, 0.3) is 0 Å². The van der Waals surface area contributed by atoms with Gasteiger partial charge in [-0.1, -0.05) is 12.8 Å². The Kier molecular flexibility index (Phi) is 6.34. The van der Waals surface area contributed by atoms with Crippen molar-refractivity contribution in [3.63, 3.8) is 0 Å². The zero-order chi connectivity index (χ0) is 17.7. The highest BCUT2D eigenvalue weighted by atomic mass is 16.4. The summed E-state index contributed by atoms with van der Waals surface area (Å²) in [5.74, 6) is -0.850. The lowest BCUT2D eigenvalue weighted by Crippen LogP contribution is -2.31. The SMILES string of the molecule is O=C(O)c1ccc(C(=O)O)c2c1CC1CCCCC1C2.OCCO. The maximum absolute atomic E-state index is 11.4. The van der Waals surface area contributed by atoms with Crippen molar-refractivity contribution in [1.82, 2.24) is 0 Å². The first kappa shape index (κ1) is 18.4. The molecule has 6 heteroatoms. The molecule has 4 N–H and O–H groups in total. The molecule has 1 fully saturated rings. The highest BCUT2D eigenvalue weighted by Crippen LogP contribution is 2.41. The van der Waals surface area contributed by atoms with Gasteiger partial charge in [0.05, 0.1) is 24.3 Å². The summed E-state index contributed by atoms with van der Waals surface area (Å²) in [7, 11) is 0. The normalized spacial score (nSPS) is 21.8. The standard InChI is InChI=1S/C16H18O4.C2H6O2/c17-15(18)11-5-6-12(16(19)20)14-8-10-4-2-1-3-9(10)7-13(11)14;3-1-2-4/h5-6,9-10H,1-4,7-8H2,(H,17,18)(H,19,20);3-4H,1-2H2. The molecule has 2 aliphatic carbocycles. The van der Waals surface area contributed by atoms with Crippen molar-refractivity contribution < 1.29 is 30.0 Å². The predicted molar refractivity (Wildman–Crippen MR) is 87.4 cm³/mol. The Morgan fingerprint density at radius 1 is 0.833 bits per heavy atom. The van der Waals surface area contributed by atoms with Gasteiger partial charge in [0.2, 0.25) is 0 Å². The molecule has 0 aromatic heterocycles. The lowest BCUT2D eigenvalue weighted by atomic mass is 9.67. The molecule has 132 valence electrons. The third-order valence-electron chi connectivity index (χ3n) is 4.99. The van der Waals surface area contributed by atoms with Gasteiger partial charge in [0.25, 0.3) is 0 Å². The monoisotopic (exact) mass is 336 g/mol. The summed E-state index contributed by atoms with van der Waals surface area (Å²) < 4.78 is 0. The molecule has 1 aromatic carbocycles. The van der Waals surface area contributed by atoms with E-state index in [4.69, 9.17) is 10.2 Å². The Hall–Kier alpha value is -1.92. The smallest absolute Gasteiger partial charge is 0.335 e. The topological polar surface area (TPSA) is 115 Å². The van der Waals surface area contributed by atoms with E-state index in [0.29, 0.717) is 11.8 Å². The number of rotatable bonds is 3. The zero-order valence-electron chi connectivity index (χ0n) is 13.6. The Labute approximate surface area is 140 Å². The zero-order valence-corrected chi connectivity index (χ0v) is 13.6. The van der Waals surface area contributed by atoms with Crippen LogP contribution in [-0.2, 0) is 12.8 Å².